The molecule has 6 nitrogen and oxygen atoms in total. The van der Waals surface area contributed by atoms with E-state index in [2.05, 4.69) is 36.1 Å². The summed E-state index contributed by atoms with van der Waals surface area (Å²) in [6, 6.07) is 18.3. The molecule has 1 saturated heterocycles. The van der Waals surface area contributed by atoms with Crippen LogP contribution in [0.5, 0.6) is 0 Å². The van der Waals surface area contributed by atoms with E-state index in [4.69, 9.17) is 10.8 Å². The van der Waals surface area contributed by atoms with E-state index >= 15 is 0 Å². The standard InChI is InChI=1S/C24H28N4O2/c1-17-7-9-19(10-8-17)22-15-21(18-5-3-2-4-6-18)26-28(22)23(29)16-27-13-11-20(12-14-27)24(25)30/h2-10,20,22H,11-16H2,1H3,(H2,25,30)/t22-/m1/s1. The van der Waals surface area contributed by atoms with Crippen molar-refractivity contribution in [2.75, 3.05) is 19.6 Å². The van der Waals surface area contributed by atoms with Crippen LogP contribution in [0.3, 0.4) is 0 Å². The number of hydrogen-bond acceptors (Lipinski definition) is 4. The summed E-state index contributed by atoms with van der Waals surface area (Å²) in [5.74, 6) is -0.327. The first kappa shape index (κ1) is 20.3. The number of likely N-dealkylation sites (tertiary alicyclic amines) is 1. The normalized spacial score (nSPS) is 20.2. The van der Waals surface area contributed by atoms with Gasteiger partial charge < -0.3 is 5.73 Å². The molecule has 0 spiro atoms. The van der Waals surface area contributed by atoms with Crippen LogP contribution in [0.25, 0.3) is 0 Å². The summed E-state index contributed by atoms with van der Waals surface area (Å²) in [6.07, 6.45) is 2.12. The van der Waals surface area contributed by atoms with Gasteiger partial charge in [0.2, 0.25) is 5.91 Å². The van der Waals surface area contributed by atoms with Crippen molar-refractivity contribution in [2.45, 2.75) is 32.2 Å². The Morgan fingerprint density at radius 1 is 1.03 bits per heavy atom. The molecular formula is C24H28N4O2. The highest BCUT2D eigenvalue weighted by Gasteiger charge is 2.34. The smallest absolute Gasteiger partial charge is 0.257 e. The Hall–Kier alpha value is -2.99. The fraction of sp³-hybridized carbons (Fsp3) is 0.375. The van der Waals surface area contributed by atoms with Crippen molar-refractivity contribution in [3.63, 3.8) is 0 Å². The first-order valence-electron chi connectivity index (χ1n) is 10.5. The molecule has 156 valence electrons. The summed E-state index contributed by atoms with van der Waals surface area (Å²) < 4.78 is 0. The second-order valence-corrected chi connectivity index (χ2v) is 8.23. The van der Waals surface area contributed by atoms with Gasteiger partial charge in [-0.25, -0.2) is 5.01 Å². The molecule has 0 aromatic heterocycles. The van der Waals surface area contributed by atoms with Gasteiger partial charge in [-0.1, -0.05) is 60.2 Å². The lowest BCUT2D eigenvalue weighted by Gasteiger charge is -2.31. The summed E-state index contributed by atoms with van der Waals surface area (Å²) in [6.45, 7) is 3.78. The Balaban J connectivity index is 1.52. The number of aryl methyl sites for hydroxylation is 1. The van der Waals surface area contributed by atoms with Gasteiger partial charge in [-0.15, -0.1) is 0 Å². The molecule has 2 aromatic carbocycles. The molecule has 0 saturated carbocycles. The summed E-state index contributed by atoms with van der Waals surface area (Å²) in [5.41, 5.74) is 9.69. The third-order valence-electron chi connectivity index (χ3n) is 6.08. The van der Waals surface area contributed by atoms with Crippen LogP contribution in [0.2, 0.25) is 0 Å². The first-order chi connectivity index (χ1) is 14.5. The molecule has 1 atom stereocenters. The van der Waals surface area contributed by atoms with Crippen LogP contribution in [0.15, 0.2) is 59.7 Å². The van der Waals surface area contributed by atoms with Gasteiger partial charge >= 0.3 is 0 Å². The SMILES string of the molecule is Cc1ccc([C@H]2CC(c3ccccc3)=NN2C(=O)CN2CCC(C(N)=O)CC2)cc1. The van der Waals surface area contributed by atoms with Gasteiger partial charge in [0.05, 0.1) is 18.3 Å². The number of hydrogen-bond donors (Lipinski definition) is 1. The fourth-order valence-electron chi connectivity index (χ4n) is 4.23. The predicted molar refractivity (Wildman–Crippen MR) is 117 cm³/mol. The molecule has 0 bridgehead atoms. The van der Waals surface area contributed by atoms with E-state index in [0.717, 1.165) is 16.8 Å². The molecule has 4 rings (SSSR count). The average Bonchev–Trinajstić information content (AvgIpc) is 3.21. The molecule has 1 fully saturated rings. The van der Waals surface area contributed by atoms with Crippen molar-refractivity contribution in [1.29, 1.82) is 0 Å². The van der Waals surface area contributed by atoms with Gasteiger partial charge in [0.15, 0.2) is 0 Å². The van der Waals surface area contributed by atoms with Gasteiger partial charge in [-0.05, 0) is 44.0 Å². The monoisotopic (exact) mass is 404 g/mol. The van der Waals surface area contributed by atoms with Crippen molar-refractivity contribution >= 4 is 17.5 Å². The van der Waals surface area contributed by atoms with E-state index in [-0.39, 0.29) is 23.8 Å². The summed E-state index contributed by atoms with van der Waals surface area (Å²) >= 11 is 0. The fourth-order valence-corrected chi connectivity index (χ4v) is 4.23. The van der Waals surface area contributed by atoms with Crippen LogP contribution in [-0.2, 0) is 9.59 Å². The summed E-state index contributed by atoms with van der Waals surface area (Å²) in [5, 5.41) is 6.41. The van der Waals surface area contributed by atoms with Crippen LogP contribution >= 0.6 is 0 Å². The van der Waals surface area contributed by atoms with E-state index in [1.807, 2.05) is 30.3 Å². The van der Waals surface area contributed by atoms with Crippen LogP contribution in [-0.4, -0.2) is 47.1 Å². The molecule has 30 heavy (non-hydrogen) atoms. The number of nitrogens with two attached hydrogens (primary N) is 1. The van der Waals surface area contributed by atoms with Crippen molar-refractivity contribution in [1.82, 2.24) is 9.91 Å². The number of hydrazone groups is 1. The van der Waals surface area contributed by atoms with E-state index in [1.54, 1.807) is 5.01 Å². The minimum atomic E-state index is -0.239. The molecule has 2 amide bonds. The van der Waals surface area contributed by atoms with E-state index in [0.29, 0.717) is 38.9 Å². The van der Waals surface area contributed by atoms with Crippen LogP contribution in [0.1, 0.15) is 42.0 Å². The van der Waals surface area contributed by atoms with Gasteiger partial charge in [-0.3, -0.25) is 14.5 Å². The molecule has 2 aliphatic heterocycles. The third kappa shape index (κ3) is 4.44. The number of benzene rings is 2. The van der Waals surface area contributed by atoms with Crippen LogP contribution in [0, 0.1) is 12.8 Å². The zero-order chi connectivity index (χ0) is 21.1. The quantitative estimate of drug-likeness (QED) is 0.832. The number of rotatable bonds is 5. The average molecular weight is 405 g/mol. The molecule has 2 heterocycles. The maximum Gasteiger partial charge on any atom is 0.257 e. The number of primary amides is 1. The second kappa shape index (κ2) is 8.79. The first-order valence-corrected chi connectivity index (χ1v) is 10.5. The minimum absolute atomic E-state index is 0.0102. The molecule has 0 unspecified atom stereocenters. The molecule has 0 aliphatic carbocycles. The van der Waals surface area contributed by atoms with Gasteiger partial charge in [0.25, 0.3) is 5.91 Å². The predicted octanol–water partition coefficient (Wildman–Crippen LogP) is 2.87. The Morgan fingerprint density at radius 2 is 1.70 bits per heavy atom. The van der Waals surface area contributed by atoms with Crippen molar-refractivity contribution < 1.29 is 9.59 Å². The highest BCUT2D eigenvalue weighted by atomic mass is 16.2. The summed E-state index contributed by atoms with van der Waals surface area (Å²) in [7, 11) is 0. The maximum atomic E-state index is 13.2. The zero-order valence-corrected chi connectivity index (χ0v) is 17.3. The maximum absolute atomic E-state index is 13.2. The lowest BCUT2D eigenvalue weighted by atomic mass is 9.96. The Kier molecular flexibility index (Phi) is 5.95. The number of amides is 2. The molecule has 2 N–H and O–H groups in total. The van der Waals surface area contributed by atoms with Crippen molar-refractivity contribution in [3.8, 4) is 0 Å². The number of carbonyl (C=O) groups excluding carboxylic acids is 2. The van der Waals surface area contributed by atoms with Crippen molar-refractivity contribution in [2.24, 2.45) is 16.8 Å². The largest absolute Gasteiger partial charge is 0.369 e. The molecule has 6 heteroatoms. The van der Waals surface area contributed by atoms with Crippen LogP contribution < -0.4 is 5.73 Å². The molecular weight excluding hydrogens is 376 g/mol. The van der Waals surface area contributed by atoms with Gasteiger partial charge in [0.1, 0.15) is 0 Å². The van der Waals surface area contributed by atoms with E-state index in [1.165, 1.54) is 5.56 Å². The Morgan fingerprint density at radius 3 is 2.33 bits per heavy atom. The number of carbonyl (C=O) groups is 2. The molecule has 2 aliphatic rings. The lowest BCUT2D eigenvalue weighted by molar-refractivity contribution is -0.134. The van der Waals surface area contributed by atoms with Crippen molar-refractivity contribution in [3.05, 3.63) is 71.3 Å². The van der Waals surface area contributed by atoms with E-state index < -0.39 is 0 Å². The highest BCUT2D eigenvalue weighted by molar-refractivity contribution is 6.03. The molecule has 0 radical (unpaired) electrons. The number of nitrogens with zero attached hydrogens (tertiary/aromatic N) is 3. The Bertz CT molecular complexity index is 931. The minimum Gasteiger partial charge on any atom is -0.369 e. The second-order valence-electron chi connectivity index (χ2n) is 8.23. The Labute approximate surface area is 177 Å². The highest BCUT2D eigenvalue weighted by Crippen LogP contribution is 2.33. The van der Waals surface area contributed by atoms with Crippen LogP contribution in [0.4, 0.5) is 0 Å². The number of piperidine rings is 1. The van der Waals surface area contributed by atoms with Gasteiger partial charge in [0, 0.05) is 12.3 Å². The summed E-state index contributed by atoms with van der Waals surface area (Å²) in [4.78, 5) is 26.7. The molecule has 2 aromatic rings. The van der Waals surface area contributed by atoms with E-state index in [9.17, 15) is 9.59 Å². The topological polar surface area (TPSA) is 79.0 Å². The zero-order valence-electron chi connectivity index (χ0n) is 17.3. The van der Waals surface area contributed by atoms with Gasteiger partial charge in [-0.2, -0.15) is 5.10 Å². The third-order valence-corrected chi connectivity index (χ3v) is 6.08. The lowest BCUT2D eigenvalue weighted by Crippen LogP contribution is -2.44.